The van der Waals surface area contributed by atoms with E-state index in [-0.39, 0.29) is 0 Å². The lowest BCUT2D eigenvalue weighted by molar-refractivity contribution is 0.152. The van der Waals surface area contributed by atoms with Crippen LogP contribution in [0.3, 0.4) is 0 Å². The molecule has 1 aromatic carbocycles. The predicted molar refractivity (Wildman–Crippen MR) is 71.1 cm³/mol. The summed E-state index contributed by atoms with van der Waals surface area (Å²) < 4.78 is 5.19. The molecule has 4 heteroatoms. The van der Waals surface area contributed by atoms with Crippen molar-refractivity contribution in [2.45, 2.75) is 13.0 Å². The first kappa shape index (κ1) is 12.7. The normalized spacial score (nSPS) is 20.9. The Bertz CT molecular complexity index is 363. The summed E-state index contributed by atoms with van der Waals surface area (Å²) in [6.07, 6.45) is 1.19. The minimum atomic E-state index is 0.642. The van der Waals surface area contributed by atoms with Crippen LogP contribution in [0, 0.1) is 5.92 Å². The maximum atomic E-state index is 6.17. The third kappa shape index (κ3) is 3.12. The number of hydrogen-bond acceptors (Lipinski definition) is 3. The number of nitrogens with two attached hydrogens (primary N) is 1. The van der Waals surface area contributed by atoms with Gasteiger partial charge >= 0.3 is 0 Å². The number of benzene rings is 1. The molecule has 0 aromatic heterocycles. The molecule has 1 saturated heterocycles. The number of hydrogen-bond donors (Lipinski definition) is 1. The van der Waals surface area contributed by atoms with E-state index in [1.54, 1.807) is 7.11 Å². The third-order valence-electron chi connectivity index (χ3n) is 3.31. The van der Waals surface area contributed by atoms with Gasteiger partial charge in [-0.25, -0.2) is 0 Å². The lowest BCUT2D eigenvalue weighted by Crippen LogP contribution is -2.22. The first-order valence-electron chi connectivity index (χ1n) is 5.95. The molecule has 2 rings (SSSR count). The summed E-state index contributed by atoms with van der Waals surface area (Å²) in [5.41, 5.74) is 7.79. The van der Waals surface area contributed by atoms with E-state index in [2.05, 4.69) is 4.90 Å². The monoisotopic (exact) mass is 254 g/mol. The van der Waals surface area contributed by atoms with Crippen LogP contribution in [0.25, 0.3) is 0 Å². The Morgan fingerprint density at radius 3 is 3.06 bits per heavy atom. The van der Waals surface area contributed by atoms with E-state index < -0.39 is 0 Å². The van der Waals surface area contributed by atoms with E-state index in [0.717, 1.165) is 42.5 Å². The molecule has 1 heterocycles. The average molecular weight is 255 g/mol. The fraction of sp³-hybridized carbons (Fsp3) is 0.538. The summed E-state index contributed by atoms with van der Waals surface area (Å²) in [6.45, 7) is 3.84. The Hall–Kier alpha value is -0.770. The molecule has 17 heavy (non-hydrogen) atoms. The molecule has 1 aliphatic rings. The Balaban J connectivity index is 1.98. The van der Waals surface area contributed by atoms with Gasteiger partial charge in [-0.05, 0) is 31.0 Å². The van der Waals surface area contributed by atoms with Gasteiger partial charge in [-0.2, -0.15) is 0 Å². The van der Waals surface area contributed by atoms with Gasteiger partial charge in [0.1, 0.15) is 0 Å². The number of anilines is 1. The van der Waals surface area contributed by atoms with E-state index in [0.29, 0.717) is 5.92 Å². The second kappa shape index (κ2) is 5.71. The molecule has 1 fully saturated rings. The molecule has 0 radical (unpaired) electrons. The van der Waals surface area contributed by atoms with E-state index in [9.17, 15) is 0 Å². The molecule has 0 spiro atoms. The molecule has 0 saturated carbocycles. The molecular formula is C13H19ClN2O. The SMILES string of the molecule is COCC1CCN(Cc2c(N)cccc2Cl)C1. The van der Waals surface area contributed by atoms with Crippen LogP contribution in [0.1, 0.15) is 12.0 Å². The van der Waals surface area contributed by atoms with Crippen LogP contribution >= 0.6 is 11.6 Å². The first-order chi connectivity index (χ1) is 8.20. The summed E-state index contributed by atoms with van der Waals surface area (Å²) in [7, 11) is 1.76. The Morgan fingerprint density at radius 2 is 2.35 bits per heavy atom. The molecule has 1 aliphatic heterocycles. The van der Waals surface area contributed by atoms with Gasteiger partial charge < -0.3 is 10.5 Å². The van der Waals surface area contributed by atoms with Gasteiger partial charge in [-0.1, -0.05) is 17.7 Å². The highest BCUT2D eigenvalue weighted by Crippen LogP contribution is 2.26. The molecule has 0 bridgehead atoms. The zero-order valence-electron chi connectivity index (χ0n) is 10.2. The maximum absolute atomic E-state index is 6.17. The van der Waals surface area contributed by atoms with Crippen LogP contribution in [0.15, 0.2) is 18.2 Å². The van der Waals surface area contributed by atoms with Crippen LogP contribution in [-0.2, 0) is 11.3 Å². The van der Waals surface area contributed by atoms with Crippen LogP contribution < -0.4 is 5.73 Å². The minimum absolute atomic E-state index is 0.642. The van der Waals surface area contributed by atoms with Gasteiger partial charge in [0.15, 0.2) is 0 Å². The molecule has 2 N–H and O–H groups in total. The number of halogens is 1. The minimum Gasteiger partial charge on any atom is -0.398 e. The Kier molecular flexibility index (Phi) is 4.26. The van der Waals surface area contributed by atoms with Crippen molar-refractivity contribution in [2.75, 3.05) is 32.5 Å². The zero-order chi connectivity index (χ0) is 12.3. The molecular weight excluding hydrogens is 236 g/mol. The van der Waals surface area contributed by atoms with E-state index in [1.807, 2.05) is 18.2 Å². The van der Waals surface area contributed by atoms with Crippen molar-refractivity contribution in [3.63, 3.8) is 0 Å². The number of nitrogen functional groups attached to an aromatic ring is 1. The van der Waals surface area contributed by atoms with Gasteiger partial charge in [0.2, 0.25) is 0 Å². The summed E-state index contributed by atoms with van der Waals surface area (Å²) in [5, 5.41) is 0.764. The van der Waals surface area contributed by atoms with Crippen molar-refractivity contribution in [1.29, 1.82) is 0 Å². The second-order valence-corrected chi connectivity index (χ2v) is 5.06. The highest BCUT2D eigenvalue weighted by molar-refractivity contribution is 6.31. The summed E-state index contributed by atoms with van der Waals surface area (Å²) in [6, 6.07) is 5.69. The molecule has 0 amide bonds. The zero-order valence-corrected chi connectivity index (χ0v) is 10.9. The quantitative estimate of drug-likeness (QED) is 0.839. The average Bonchev–Trinajstić information content (AvgIpc) is 2.72. The standard InChI is InChI=1S/C13H19ClN2O/c1-17-9-10-5-6-16(7-10)8-11-12(14)3-2-4-13(11)15/h2-4,10H,5-9,15H2,1H3. The molecule has 1 aromatic rings. The highest BCUT2D eigenvalue weighted by Gasteiger charge is 2.23. The smallest absolute Gasteiger partial charge is 0.0503 e. The van der Waals surface area contributed by atoms with E-state index in [1.165, 1.54) is 6.42 Å². The fourth-order valence-corrected chi connectivity index (χ4v) is 2.64. The Morgan fingerprint density at radius 1 is 1.53 bits per heavy atom. The van der Waals surface area contributed by atoms with Crippen molar-refractivity contribution >= 4 is 17.3 Å². The van der Waals surface area contributed by atoms with Crippen molar-refractivity contribution < 1.29 is 4.74 Å². The van der Waals surface area contributed by atoms with Crippen LogP contribution in [0.2, 0.25) is 5.02 Å². The van der Waals surface area contributed by atoms with Crippen molar-refractivity contribution in [1.82, 2.24) is 4.90 Å². The van der Waals surface area contributed by atoms with Crippen LogP contribution in [0.4, 0.5) is 5.69 Å². The van der Waals surface area contributed by atoms with Crippen LogP contribution in [0.5, 0.6) is 0 Å². The molecule has 0 aliphatic carbocycles. The number of ether oxygens (including phenoxy) is 1. The summed E-state index contributed by atoms with van der Waals surface area (Å²) in [5.74, 6) is 0.642. The molecule has 3 nitrogen and oxygen atoms in total. The second-order valence-electron chi connectivity index (χ2n) is 4.65. The lowest BCUT2D eigenvalue weighted by atomic mass is 10.1. The first-order valence-corrected chi connectivity index (χ1v) is 6.32. The molecule has 1 atom stereocenters. The summed E-state index contributed by atoms with van der Waals surface area (Å²) >= 11 is 6.17. The molecule has 94 valence electrons. The van der Waals surface area contributed by atoms with Gasteiger partial charge in [0.05, 0.1) is 6.61 Å². The topological polar surface area (TPSA) is 38.5 Å². The van der Waals surface area contributed by atoms with Gasteiger partial charge in [-0.15, -0.1) is 0 Å². The highest BCUT2D eigenvalue weighted by atomic mass is 35.5. The van der Waals surface area contributed by atoms with Gasteiger partial charge in [-0.3, -0.25) is 4.90 Å². The van der Waals surface area contributed by atoms with Gasteiger partial charge in [0.25, 0.3) is 0 Å². The number of likely N-dealkylation sites (tertiary alicyclic amines) is 1. The number of rotatable bonds is 4. The lowest BCUT2D eigenvalue weighted by Gasteiger charge is -2.18. The number of methoxy groups -OCH3 is 1. The van der Waals surface area contributed by atoms with E-state index >= 15 is 0 Å². The number of nitrogens with zero attached hydrogens (tertiary/aromatic N) is 1. The summed E-state index contributed by atoms with van der Waals surface area (Å²) in [4.78, 5) is 2.39. The predicted octanol–water partition coefficient (Wildman–Crippen LogP) is 2.39. The Labute approximate surface area is 107 Å². The van der Waals surface area contributed by atoms with E-state index in [4.69, 9.17) is 22.1 Å². The largest absolute Gasteiger partial charge is 0.398 e. The fourth-order valence-electron chi connectivity index (χ4n) is 2.39. The van der Waals surface area contributed by atoms with Crippen molar-refractivity contribution in [3.05, 3.63) is 28.8 Å². The van der Waals surface area contributed by atoms with Crippen LogP contribution in [-0.4, -0.2) is 31.7 Å². The van der Waals surface area contributed by atoms with Crippen molar-refractivity contribution in [2.24, 2.45) is 5.92 Å². The van der Waals surface area contributed by atoms with Gasteiger partial charge in [0, 0.05) is 36.5 Å². The third-order valence-corrected chi connectivity index (χ3v) is 3.66. The van der Waals surface area contributed by atoms with Crippen molar-refractivity contribution in [3.8, 4) is 0 Å². The molecule has 1 unspecified atom stereocenters. The maximum Gasteiger partial charge on any atom is 0.0503 e.